The van der Waals surface area contributed by atoms with Gasteiger partial charge in [0.2, 0.25) is 0 Å². The standard InChI is InChI=1S/C17H27NO2.ClH/c1-2-3-4-5-6-7-11-14-20-17(19)16(18)15-12-9-8-10-13-15;/h8-10,12-13,16H,2-7,11,14,18H2,1H3;1H. The zero-order chi connectivity index (χ0) is 14.6. The Morgan fingerprint density at radius 3 is 2.24 bits per heavy atom. The van der Waals surface area contributed by atoms with Crippen LogP contribution >= 0.6 is 12.4 Å². The van der Waals surface area contributed by atoms with Crippen molar-refractivity contribution in [2.75, 3.05) is 6.61 Å². The number of rotatable bonds is 10. The van der Waals surface area contributed by atoms with Crippen molar-refractivity contribution in [1.82, 2.24) is 0 Å². The fraction of sp³-hybridized carbons (Fsp3) is 0.588. The first kappa shape index (κ1) is 19.9. The minimum atomic E-state index is -0.666. The lowest BCUT2D eigenvalue weighted by Gasteiger charge is -2.11. The Bertz CT molecular complexity index is 370. The first-order chi connectivity index (χ1) is 9.75. The number of nitrogens with two attached hydrogens (primary N) is 1. The number of halogens is 1. The molecule has 1 atom stereocenters. The number of benzene rings is 1. The molecule has 0 saturated heterocycles. The average Bonchev–Trinajstić information content (AvgIpc) is 2.50. The van der Waals surface area contributed by atoms with E-state index in [-0.39, 0.29) is 18.4 Å². The van der Waals surface area contributed by atoms with E-state index in [1.54, 1.807) is 0 Å². The summed E-state index contributed by atoms with van der Waals surface area (Å²) in [6, 6.07) is 8.68. The molecular formula is C17H28ClNO2. The second-order valence-corrected chi connectivity index (χ2v) is 5.18. The van der Waals surface area contributed by atoms with Crippen molar-refractivity contribution in [2.24, 2.45) is 5.73 Å². The Labute approximate surface area is 134 Å². The largest absolute Gasteiger partial charge is 0.464 e. The van der Waals surface area contributed by atoms with Crippen LogP contribution in [-0.4, -0.2) is 12.6 Å². The molecular weight excluding hydrogens is 286 g/mol. The average molecular weight is 314 g/mol. The minimum Gasteiger partial charge on any atom is -0.464 e. The van der Waals surface area contributed by atoms with Crippen LogP contribution < -0.4 is 5.73 Å². The Kier molecular flexibility index (Phi) is 12.0. The second kappa shape index (κ2) is 12.7. The smallest absolute Gasteiger partial charge is 0.327 e. The first-order valence-corrected chi connectivity index (χ1v) is 7.73. The van der Waals surface area contributed by atoms with Crippen LogP contribution in [0.2, 0.25) is 0 Å². The molecule has 0 aliphatic rings. The minimum absolute atomic E-state index is 0. The summed E-state index contributed by atoms with van der Waals surface area (Å²) in [7, 11) is 0. The Balaban J connectivity index is 0.00000400. The van der Waals surface area contributed by atoms with Crippen LogP contribution in [0.25, 0.3) is 0 Å². The van der Waals surface area contributed by atoms with Crippen LogP contribution in [-0.2, 0) is 9.53 Å². The molecule has 0 spiro atoms. The number of unbranched alkanes of at least 4 members (excludes halogenated alkanes) is 6. The number of carbonyl (C=O) groups is 1. The van der Waals surface area contributed by atoms with Crippen LogP contribution in [0.5, 0.6) is 0 Å². The van der Waals surface area contributed by atoms with Crippen LogP contribution in [0.4, 0.5) is 0 Å². The van der Waals surface area contributed by atoms with E-state index >= 15 is 0 Å². The van der Waals surface area contributed by atoms with E-state index < -0.39 is 6.04 Å². The maximum atomic E-state index is 11.8. The van der Waals surface area contributed by atoms with Gasteiger partial charge in [0.05, 0.1) is 6.61 Å². The summed E-state index contributed by atoms with van der Waals surface area (Å²) >= 11 is 0. The topological polar surface area (TPSA) is 52.3 Å². The monoisotopic (exact) mass is 313 g/mol. The molecule has 2 N–H and O–H groups in total. The predicted molar refractivity (Wildman–Crippen MR) is 89.6 cm³/mol. The maximum Gasteiger partial charge on any atom is 0.327 e. The van der Waals surface area contributed by atoms with Gasteiger partial charge in [-0.25, -0.2) is 4.79 Å². The number of hydrogen-bond acceptors (Lipinski definition) is 3. The third-order valence-corrected chi connectivity index (χ3v) is 3.40. The highest BCUT2D eigenvalue weighted by atomic mass is 35.5. The lowest BCUT2D eigenvalue weighted by molar-refractivity contribution is -0.145. The van der Waals surface area contributed by atoms with Gasteiger partial charge in [-0.15, -0.1) is 12.4 Å². The summed E-state index contributed by atoms with van der Waals surface area (Å²) in [4.78, 5) is 11.8. The maximum absolute atomic E-state index is 11.8. The van der Waals surface area contributed by atoms with Gasteiger partial charge in [-0.2, -0.15) is 0 Å². The molecule has 120 valence electrons. The summed E-state index contributed by atoms with van der Waals surface area (Å²) in [6.45, 7) is 2.70. The molecule has 0 amide bonds. The molecule has 0 aromatic heterocycles. The van der Waals surface area contributed by atoms with Gasteiger partial charge in [-0.3, -0.25) is 0 Å². The van der Waals surface area contributed by atoms with Gasteiger partial charge in [-0.05, 0) is 12.0 Å². The van der Waals surface area contributed by atoms with Gasteiger partial charge in [0.25, 0.3) is 0 Å². The van der Waals surface area contributed by atoms with Gasteiger partial charge in [0.1, 0.15) is 6.04 Å². The molecule has 1 rings (SSSR count). The van der Waals surface area contributed by atoms with E-state index in [0.717, 1.165) is 18.4 Å². The van der Waals surface area contributed by atoms with Crippen LogP contribution in [0.15, 0.2) is 30.3 Å². The molecule has 0 bridgehead atoms. The molecule has 1 aromatic carbocycles. The first-order valence-electron chi connectivity index (χ1n) is 7.73. The molecule has 0 heterocycles. The van der Waals surface area contributed by atoms with Crippen LogP contribution in [0, 0.1) is 0 Å². The normalized spacial score (nSPS) is 11.5. The molecule has 0 saturated carbocycles. The zero-order valence-corrected chi connectivity index (χ0v) is 13.7. The number of hydrogen-bond donors (Lipinski definition) is 1. The van der Waals surface area contributed by atoms with Gasteiger partial charge in [0.15, 0.2) is 0 Å². The van der Waals surface area contributed by atoms with Crippen molar-refractivity contribution >= 4 is 18.4 Å². The molecule has 3 nitrogen and oxygen atoms in total. The van der Waals surface area contributed by atoms with E-state index in [1.165, 1.54) is 32.1 Å². The highest BCUT2D eigenvalue weighted by molar-refractivity contribution is 5.85. The van der Waals surface area contributed by atoms with E-state index in [2.05, 4.69) is 6.92 Å². The van der Waals surface area contributed by atoms with Crippen molar-refractivity contribution in [1.29, 1.82) is 0 Å². The van der Waals surface area contributed by atoms with Gasteiger partial charge >= 0.3 is 5.97 Å². The van der Waals surface area contributed by atoms with E-state index in [4.69, 9.17) is 10.5 Å². The van der Waals surface area contributed by atoms with Crippen molar-refractivity contribution in [3.8, 4) is 0 Å². The molecule has 0 aliphatic carbocycles. The van der Waals surface area contributed by atoms with Crippen molar-refractivity contribution in [2.45, 2.75) is 57.9 Å². The van der Waals surface area contributed by atoms with Crippen molar-refractivity contribution in [3.05, 3.63) is 35.9 Å². The van der Waals surface area contributed by atoms with Gasteiger partial charge in [0, 0.05) is 0 Å². The highest BCUT2D eigenvalue weighted by Gasteiger charge is 2.16. The summed E-state index contributed by atoms with van der Waals surface area (Å²) in [5, 5.41) is 0. The SMILES string of the molecule is CCCCCCCCCOC(=O)C(N)c1ccccc1.Cl. The fourth-order valence-electron chi connectivity index (χ4n) is 2.12. The molecule has 0 radical (unpaired) electrons. The summed E-state index contributed by atoms with van der Waals surface area (Å²) in [5.41, 5.74) is 6.66. The van der Waals surface area contributed by atoms with Crippen molar-refractivity contribution < 1.29 is 9.53 Å². The molecule has 0 aliphatic heterocycles. The predicted octanol–water partition coefficient (Wildman–Crippen LogP) is 4.40. The number of ether oxygens (including phenoxy) is 1. The van der Waals surface area contributed by atoms with Gasteiger partial charge in [-0.1, -0.05) is 75.8 Å². The second-order valence-electron chi connectivity index (χ2n) is 5.18. The number of esters is 1. The van der Waals surface area contributed by atoms with E-state index in [9.17, 15) is 4.79 Å². The lowest BCUT2D eigenvalue weighted by atomic mass is 10.1. The number of carbonyl (C=O) groups excluding carboxylic acids is 1. The zero-order valence-electron chi connectivity index (χ0n) is 12.9. The van der Waals surface area contributed by atoms with E-state index in [0.29, 0.717) is 6.61 Å². The lowest BCUT2D eigenvalue weighted by Crippen LogP contribution is -2.24. The summed E-state index contributed by atoms with van der Waals surface area (Å²) in [5.74, 6) is -0.331. The highest BCUT2D eigenvalue weighted by Crippen LogP contribution is 2.12. The molecule has 1 aromatic rings. The third kappa shape index (κ3) is 8.74. The van der Waals surface area contributed by atoms with Crippen LogP contribution in [0.1, 0.15) is 63.5 Å². The van der Waals surface area contributed by atoms with Crippen LogP contribution in [0.3, 0.4) is 0 Å². The molecule has 1 unspecified atom stereocenters. The molecule has 0 fully saturated rings. The van der Waals surface area contributed by atoms with Crippen molar-refractivity contribution in [3.63, 3.8) is 0 Å². The molecule has 21 heavy (non-hydrogen) atoms. The summed E-state index contributed by atoms with van der Waals surface area (Å²) < 4.78 is 5.22. The Hall–Kier alpha value is -1.06. The third-order valence-electron chi connectivity index (χ3n) is 3.40. The molecule has 4 heteroatoms. The summed E-state index contributed by atoms with van der Waals surface area (Å²) in [6.07, 6.45) is 8.47. The fourth-order valence-corrected chi connectivity index (χ4v) is 2.12. The Morgan fingerprint density at radius 1 is 1.05 bits per heavy atom. The van der Waals surface area contributed by atoms with E-state index in [1.807, 2.05) is 30.3 Å². The quantitative estimate of drug-likeness (QED) is 0.514. The van der Waals surface area contributed by atoms with Gasteiger partial charge < -0.3 is 10.5 Å². The Morgan fingerprint density at radius 2 is 1.62 bits per heavy atom.